The third-order valence-corrected chi connectivity index (χ3v) is 4.76. The van der Waals surface area contributed by atoms with Crippen LogP contribution in [-0.4, -0.2) is 34.1 Å². The van der Waals surface area contributed by atoms with Crippen LogP contribution in [-0.2, 0) is 11.2 Å². The van der Waals surface area contributed by atoms with Gasteiger partial charge in [0.1, 0.15) is 0 Å². The molecule has 128 valence electrons. The van der Waals surface area contributed by atoms with Crippen molar-refractivity contribution in [3.8, 4) is 0 Å². The van der Waals surface area contributed by atoms with Gasteiger partial charge in [0.2, 0.25) is 17.7 Å². The summed E-state index contributed by atoms with van der Waals surface area (Å²) in [6.07, 6.45) is 4.14. The second-order valence-corrected chi connectivity index (χ2v) is 6.73. The van der Waals surface area contributed by atoms with Crippen molar-refractivity contribution in [2.75, 3.05) is 13.1 Å². The Balaban J connectivity index is 1.41. The second kappa shape index (κ2) is 7.79. The van der Waals surface area contributed by atoms with E-state index in [4.69, 9.17) is 16.0 Å². The molecule has 1 aliphatic rings. The maximum Gasteiger partial charge on any atom is 0.222 e. The molecule has 1 amide bonds. The van der Waals surface area contributed by atoms with Gasteiger partial charge in [0.15, 0.2) is 0 Å². The van der Waals surface area contributed by atoms with Crippen LogP contribution >= 0.6 is 11.6 Å². The summed E-state index contributed by atoms with van der Waals surface area (Å²) in [5, 5.41) is 8.73. The fraction of sp³-hybridized carbons (Fsp3) is 0.500. The maximum atomic E-state index is 12.3. The Hall–Kier alpha value is -1.88. The molecule has 0 spiro atoms. The van der Waals surface area contributed by atoms with Crippen LogP contribution in [0.4, 0.5) is 0 Å². The van der Waals surface area contributed by atoms with Gasteiger partial charge in [-0.15, -0.1) is 10.2 Å². The van der Waals surface area contributed by atoms with E-state index in [0.29, 0.717) is 18.2 Å². The van der Waals surface area contributed by atoms with E-state index >= 15 is 0 Å². The van der Waals surface area contributed by atoms with E-state index in [9.17, 15) is 4.79 Å². The molecule has 0 saturated carbocycles. The predicted molar refractivity (Wildman–Crippen MR) is 92.0 cm³/mol. The molecule has 2 heterocycles. The van der Waals surface area contributed by atoms with Gasteiger partial charge in [-0.05, 0) is 43.4 Å². The first-order chi connectivity index (χ1) is 11.6. The number of likely N-dealkylation sites (tertiary alicyclic amines) is 1. The minimum Gasteiger partial charge on any atom is -0.425 e. The van der Waals surface area contributed by atoms with Crippen LogP contribution in [0.2, 0.25) is 5.02 Å². The number of amides is 1. The number of piperidine rings is 1. The quantitative estimate of drug-likeness (QED) is 0.826. The molecule has 3 rings (SSSR count). The Morgan fingerprint density at radius 3 is 2.58 bits per heavy atom. The lowest BCUT2D eigenvalue weighted by atomic mass is 9.96. The largest absolute Gasteiger partial charge is 0.425 e. The highest BCUT2D eigenvalue weighted by atomic mass is 35.5. The summed E-state index contributed by atoms with van der Waals surface area (Å²) in [4.78, 5) is 14.3. The van der Waals surface area contributed by atoms with E-state index in [0.717, 1.165) is 43.8 Å². The molecule has 0 unspecified atom stereocenters. The van der Waals surface area contributed by atoms with E-state index in [2.05, 4.69) is 10.2 Å². The molecule has 0 aliphatic carbocycles. The highest BCUT2D eigenvalue weighted by Crippen LogP contribution is 2.27. The number of benzene rings is 1. The van der Waals surface area contributed by atoms with Crippen LogP contribution in [0, 0.1) is 6.92 Å². The van der Waals surface area contributed by atoms with E-state index in [1.54, 1.807) is 6.92 Å². The van der Waals surface area contributed by atoms with Gasteiger partial charge in [-0.2, -0.15) is 0 Å². The number of aromatic nitrogens is 2. The number of nitrogens with zero attached hydrogens (tertiary/aromatic N) is 3. The van der Waals surface area contributed by atoms with Gasteiger partial charge in [-0.25, -0.2) is 0 Å². The van der Waals surface area contributed by atoms with Gasteiger partial charge in [-0.3, -0.25) is 4.79 Å². The molecule has 5 nitrogen and oxygen atoms in total. The smallest absolute Gasteiger partial charge is 0.222 e. The van der Waals surface area contributed by atoms with Crippen molar-refractivity contribution in [2.45, 2.75) is 44.9 Å². The SMILES string of the molecule is Cc1nnc(C2CCN(C(=O)CCCc3ccc(Cl)cc3)CC2)o1. The second-order valence-electron chi connectivity index (χ2n) is 6.29. The van der Waals surface area contributed by atoms with E-state index in [-0.39, 0.29) is 11.8 Å². The Morgan fingerprint density at radius 1 is 1.25 bits per heavy atom. The first-order valence-corrected chi connectivity index (χ1v) is 8.82. The minimum atomic E-state index is 0.240. The van der Waals surface area contributed by atoms with E-state index < -0.39 is 0 Å². The monoisotopic (exact) mass is 347 g/mol. The fourth-order valence-electron chi connectivity index (χ4n) is 3.11. The van der Waals surface area contributed by atoms with Gasteiger partial charge in [0.05, 0.1) is 0 Å². The summed E-state index contributed by atoms with van der Waals surface area (Å²) >= 11 is 5.88. The van der Waals surface area contributed by atoms with Crippen LogP contribution in [0.25, 0.3) is 0 Å². The van der Waals surface area contributed by atoms with Crippen LogP contribution in [0.5, 0.6) is 0 Å². The Kier molecular flexibility index (Phi) is 5.51. The first-order valence-electron chi connectivity index (χ1n) is 8.44. The number of halogens is 1. The normalized spacial score (nSPS) is 15.7. The number of rotatable bonds is 5. The zero-order valence-corrected chi connectivity index (χ0v) is 14.6. The molecular weight excluding hydrogens is 326 g/mol. The summed E-state index contributed by atoms with van der Waals surface area (Å²) in [5.41, 5.74) is 1.22. The van der Waals surface area contributed by atoms with Crippen molar-refractivity contribution in [2.24, 2.45) is 0 Å². The van der Waals surface area contributed by atoms with Crippen LogP contribution in [0.1, 0.15) is 48.9 Å². The summed E-state index contributed by atoms with van der Waals surface area (Å²) in [6.45, 7) is 3.34. The summed E-state index contributed by atoms with van der Waals surface area (Å²) < 4.78 is 5.51. The average Bonchev–Trinajstić information content (AvgIpc) is 3.03. The summed E-state index contributed by atoms with van der Waals surface area (Å²) in [5.74, 6) is 1.83. The van der Waals surface area contributed by atoms with E-state index in [1.807, 2.05) is 29.2 Å². The molecule has 1 saturated heterocycles. The maximum absolute atomic E-state index is 12.3. The molecule has 1 aromatic carbocycles. The molecule has 1 aliphatic heterocycles. The fourth-order valence-corrected chi connectivity index (χ4v) is 3.23. The van der Waals surface area contributed by atoms with Crippen molar-refractivity contribution in [3.63, 3.8) is 0 Å². The molecule has 1 aromatic heterocycles. The average molecular weight is 348 g/mol. The number of hydrogen-bond donors (Lipinski definition) is 0. The summed E-state index contributed by atoms with van der Waals surface area (Å²) in [6, 6.07) is 7.82. The molecule has 6 heteroatoms. The number of aryl methyl sites for hydroxylation is 2. The van der Waals surface area contributed by atoms with Crippen LogP contribution in [0.3, 0.4) is 0 Å². The Labute approximate surface area is 147 Å². The van der Waals surface area contributed by atoms with Gasteiger partial charge >= 0.3 is 0 Å². The third kappa shape index (κ3) is 4.35. The molecule has 0 atom stereocenters. The Morgan fingerprint density at radius 2 is 1.96 bits per heavy atom. The zero-order chi connectivity index (χ0) is 16.9. The van der Waals surface area contributed by atoms with E-state index in [1.165, 1.54) is 5.56 Å². The highest BCUT2D eigenvalue weighted by molar-refractivity contribution is 6.30. The minimum absolute atomic E-state index is 0.240. The Bertz CT molecular complexity index is 676. The molecule has 0 N–H and O–H groups in total. The summed E-state index contributed by atoms with van der Waals surface area (Å²) in [7, 11) is 0. The van der Waals surface area contributed by atoms with Crippen molar-refractivity contribution in [1.29, 1.82) is 0 Å². The van der Waals surface area contributed by atoms with Crippen molar-refractivity contribution >= 4 is 17.5 Å². The number of carbonyl (C=O) groups is 1. The lowest BCUT2D eigenvalue weighted by Crippen LogP contribution is -2.37. The molecule has 0 radical (unpaired) electrons. The molecular formula is C18H22ClN3O2. The first kappa shape index (κ1) is 17.0. The third-order valence-electron chi connectivity index (χ3n) is 4.51. The van der Waals surface area contributed by atoms with Gasteiger partial charge in [-0.1, -0.05) is 23.7 Å². The lowest BCUT2D eigenvalue weighted by Gasteiger charge is -2.30. The molecule has 0 bridgehead atoms. The highest BCUT2D eigenvalue weighted by Gasteiger charge is 2.26. The lowest BCUT2D eigenvalue weighted by molar-refractivity contribution is -0.132. The van der Waals surface area contributed by atoms with Crippen molar-refractivity contribution < 1.29 is 9.21 Å². The number of hydrogen-bond acceptors (Lipinski definition) is 4. The van der Waals surface area contributed by atoms with Crippen molar-refractivity contribution in [3.05, 3.63) is 46.6 Å². The zero-order valence-electron chi connectivity index (χ0n) is 13.9. The molecule has 24 heavy (non-hydrogen) atoms. The van der Waals surface area contributed by atoms with Gasteiger partial charge in [0.25, 0.3) is 0 Å². The molecule has 1 fully saturated rings. The molecule has 2 aromatic rings. The van der Waals surface area contributed by atoms with Crippen LogP contribution in [0.15, 0.2) is 28.7 Å². The van der Waals surface area contributed by atoms with Crippen LogP contribution < -0.4 is 0 Å². The van der Waals surface area contributed by atoms with Gasteiger partial charge < -0.3 is 9.32 Å². The van der Waals surface area contributed by atoms with Crippen molar-refractivity contribution in [1.82, 2.24) is 15.1 Å². The number of carbonyl (C=O) groups excluding carboxylic acids is 1. The standard InChI is InChI=1S/C18H22ClN3O2/c1-13-20-21-18(24-13)15-9-11-22(12-10-15)17(23)4-2-3-14-5-7-16(19)8-6-14/h5-8,15H,2-4,9-12H2,1H3. The van der Waals surface area contributed by atoms with Gasteiger partial charge in [0, 0.05) is 37.4 Å². The topological polar surface area (TPSA) is 59.2 Å². The predicted octanol–water partition coefficient (Wildman–Crippen LogP) is 3.76.